The molecule has 60 valence electrons. The molecule has 1 N–H and O–H groups in total. The number of rotatable bonds is 2. The van der Waals surface area contributed by atoms with Crippen LogP contribution in [0.1, 0.15) is 19.8 Å². The van der Waals surface area contributed by atoms with Crippen molar-refractivity contribution >= 4 is 0 Å². The average molecular weight is 149 g/mol. The molecular weight excluding hydrogens is 136 g/mol. The number of hydrogen-bond donors (Lipinski definition) is 1. The van der Waals surface area contributed by atoms with Crippen molar-refractivity contribution in [3.8, 4) is 0 Å². The molecule has 0 aromatic heterocycles. The Morgan fingerprint density at radius 2 is 1.90 bits per heavy atom. The third-order valence-electron chi connectivity index (χ3n) is 1.97. The lowest BCUT2D eigenvalue weighted by atomic mass is 9.67. The summed E-state index contributed by atoms with van der Waals surface area (Å²) in [4.78, 5) is 0. The van der Waals surface area contributed by atoms with Crippen molar-refractivity contribution in [1.29, 1.82) is 0 Å². The molecule has 0 bridgehead atoms. The summed E-state index contributed by atoms with van der Waals surface area (Å²) in [6.07, 6.45) is 0.0850. The van der Waals surface area contributed by atoms with Gasteiger partial charge in [0.15, 0.2) is 0 Å². The molecule has 0 unspecified atom stereocenters. The van der Waals surface area contributed by atoms with E-state index in [4.69, 9.17) is 0 Å². The molecular formula is C7H13F2N. The average Bonchev–Trinajstić information content (AvgIpc) is 1.58. The van der Waals surface area contributed by atoms with E-state index in [9.17, 15) is 8.78 Å². The molecule has 0 aromatic rings. The molecule has 1 saturated carbocycles. The van der Waals surface area contributed by atoms with Gasteiger partial charge in [-0.1, -0.05) is 6.92 Å². The van der Waals surface area contributed by atoms with Crippen LogP contribution in [0.5, 0.6) is 0 Å². The third kappa shape index (κ3) is 1.45. The summed E-state index contributed by atoms with van der Waals surface area (Å²) < 4.78 is 24.7. The van der Waals surface area contributed by atoms with Crippen molar-refractivity contribution in [2.75, 3.05) is 13.6 Å². The number of hydrogen-bond acceptors (Lipinski definition) is 1. The molecule has 0 aliphatic heterocycles. The highest BCUT2D eigenvalue weighted by Crippen LogP contribution is 2.51. The second-order valence-corrected chi connectivity index (χ2v) is 3.55. The first-order chi connectivity index (χ1) is 4.47. The van der Waals surface area contributed by atoms with Crippen molar-refractivity contribution in [3.63, 3.8) is 0 Å². The molecule has 0 aromatic carbocycles. The third-order valence-corrected chi connectivity index (χ3v) is 1.97. The van der Waals surface area contributed by atoms with Gasteiger partial charge < -0.3 is 5.32 Å². The molecule has 0 saturated heterocycles. The van der Waals surface area contributed by atoms with E-state index < -0.39 is 5.92 Å². The minimum Gasteiger partial charge on any atom is -0.319 e. The SMILES string of the molecule is CNCC1(C)CC(F)(F)C1. The van der Waals surface area contributed by atoms with Crippen LogP contribution >= 0.6 is 0 Å². The summed E-state index contributed by atoms with van der Waals surface area (Å²) in [5.41, 5.74) is -0.155. The minimum absolute atomic E-state index is 0.0425. The first-order valence-corrected chi connectivity index (χ1v) is 3.50. The van der Waals surface area contributed by atoms with Crippen LogP contribution in [-0.4, -0.2) is 19.5 Å². The van der Waals surface area contributed by atoms with E-state index in [1.54, 1.807) is 7.05 Å². The Bertz CT molecular complexity index is 126. The van der Waals surface area contributed by atoms with Gasteiger partial charge in [-0.15, -0.1) is 0 Å². The number of nitrogens with one attached hydrogen (secondary N) is 1. The Labute approximate surface area is 59.8 Å². The van der Waals surface area contributed by atoms with Crippen LogP contribution in [0.25, 0.3) is 0 Å². The maximum absolute atomic E-state index is 12.3. The fourth-order valence-electron chi connectivity index (χ4n) is 1.75. The quantitative estimate of drug-likeness (QED) is 0.629. The van der Waals surface area contributed by atoms with Crippen molar-refractivity contribution in [1.82, 2.24) is 5.32 Å². The number of halogens is 2. The van der Waals surface area contributed by atoms with E-state index in [2.05, 4.69) is 5.32 Å². The fourth-order valence-corrected chi connectivity index (χ4v) is 1.75. The van der Waals surface area contributed by atoms with Crippen molar-refractivity contribution < 1.29 is 8.78 Å². The molecule has 1 fully saturated rings. The molecule has 10 heavy (non-hydrogen) atoms. The highest BCUT2D eigenvalue weighted by Gasteiger charge is 2.52. The van der Waals surface area contributed by atoms with Gasteiger partial charge in [0.2, 0.25) is 5.92 Å². The highest BCUT2D eigenvalue weighted by molar-refractivity contribution is 4.96. The molecule has 1 nitrogen and oxygen atoms in total. The van der Waals surface area contributed by atoms with Crippen molar-refractivity contribution in [3.05, 3.63) is 0 Å². The van der Waals surface area contributed by atoms with Crippen molar-refractivity contribution in [2.45, 2.75) is 25.7 Å². The van der Waals surface area contributed by atoms with Gasteiger partial charge in [-0.25, -0.2) is 8.78 Å². The molecule has 0 atom stereocenters. The number of alkyl halides is 2. The van der Waals surface area contributed by atoms with Crippen LogP contribution in [0.3, 0.4) is 0 Å². The lowest BCUT2D eigenvalue weighted by Crippen LogP contribution is -2.48. The Morgan fingerprint density at radius 3 is 2.20 bits per heavy atom. The monoisotopic (exact) mass is 149 g/mol. The summed E-state index contributed by atoms with van der Waals surface area (Å²) in [5.74, 6) is -2.38. The molecule has 3 heteroatoms. The van der Waals surface area contributed by atoms with Gasteiger partial charge >= 0.3 is 0 Å². The van der Waals surface area contributed by atoms with Gasteiger partial charge in [0.05, 0.1) is 0 Å². The summed E-state index contributed by atoms with van der Waals surface area (Å²) in [6.45, 7) is 2.59. The molecule has 0 heterocycles. The van der Waals surface area contributed by atoms with Crippen LogP contribution in [-0.2, 0) is 0 Å². The fraction of sp³-hybridized carbons (Fsp3) is 1.00. The molecule has 1 rings (SSSR count). The Morgan fingerprint density at radius 1 is 1.40 bits per heavy atom. The topological polar surface area (TPSA) is 12.0 Å². The summed E-state index contributed by atoms with van der Waals surface area (Å²) in [5, 5.41) is 2.91. The van der Waals surface area contributed by atoms with E-state index >= 15 is 0 Å². The van der Waals surface area contributed by atoms with E-state index in [-0.39, 0.29) is 18.3 Å². The highest BCUT2D eigenvalue weighted by atomic mass is 19.3. The summed E-state index contributed by atoms with van der Waals surface area (Å²) in [7, 11) is 1.79. The lowest BCUT2D eigenvalue weighted by molar-refractivity contribution is -0.151. The van der Waals surface area contributed by atoms with Gasteiger partial charge in [-0.3, -0.25) is 0 Å². The van der Waals surface area contributed by atoms with Gasteiger partial charge in [-0.05, 0) is 12.5 Å². The van der Waals surface area contributed by atoms with Crippen LogP contribution in [0, 0.1) is 5.41 Å². The maximum Gasteiger partial charge on any atom is 0.249 e. The second kappa shape index (κ2) is 2.16. The molecule has 1 aliphatic rings. The maximum atomic E-state index is 12.3. The van der Waals surface area contributed by atoms with E-state index in [0.29, 0.717) is 6.54 Å². The molecule has 0 spiro atoms. The molecule has 0 radical (unpaired) electrons. The predicted octanol–water partition coefficient (Wildman–Crippen LogP) is 1.64. The normalized spacial score (nSPS) is 27.6. The van der Waals surface area contributed by atoms with Crippen LogP contribution in [0.2, 0.25) is 0 Å². The first-order valence-electron chi connectivity index (χ1n) is 3.50. The Balaban J connectivity index is 2.34. The summed E-state index contributed by atoms with van der Waals surface area (Å²) in [6, 6.07) is 0. The minimum atomic E-state index is -2.38. The zero-order valence-corrected chi connectivity index (χ0v) is 6.38. The van der Waals surface area contributed by atoms with Gasteiger partial charge in [-0.2, -0.15) is 0 Å². The van der Waals surface area contributed by atoms with Gasteiger partial charge in [0.1, 0.15) is 0 Å². The van der Waals surface area contributed by atoms with Crippen molar-refractivity contribution in [2.24, 2.45) is 5.41 Å². The van der Waals surface area contributed by atoms with Crippen LogP contribution < -0.4 is 5.32 Å². The molecule has 1 aliphatic carbocycles. The zero-order chi connectivity index (χ0) is 7.83. The second-order valence-electron chi connectivity index (χ2n) is 3.55. The predicted molar refractivity (Wildman–Crippen MR) is 36.2 cm³/mol. The first kappa shape index (κ1) is 7.92. The Hall–Kier alpha value is -0.180. The van der Waals surface area contributed by atoms with E-state index in [0.717, 1.165) is 0 Å². The van der Waals surface area contributed by atoms with Crippen LogP contribution in [0.15, 0.2) is 0 Å². The Kier molecular flexibility index (Phi) is 1.71. The van der Waals surface area contributed by atoms with E-state index in [1.165, 1.54) is 0 Å². The zero-order valence-electron chi connectivity index (χ0n) is 6.38. The van der Waals surface area contributed by atoms with Gasteiger partial charge in [0, 0.05) is 19.4 Å². The van der Waals surface area contributed by atoms with Gasteiger partial charge in [0.25, 0.3) is 0 Å². The lowest BCUT2D eigenvalue weighted by Gasteiger charge is -2.44. The smallest absolute Gasteiger partial charge is 0.249 e. The standard InChI is InChI=1S/C7H13F2N/c1-6(5-10-2)3-7(8,9)4-6/h10H,3-5H2,1-2H3. The summed E-state index contributed by atoms with van der Waals surface area (Å²) >= 11 is 0. The molecule has 0 amide bonds. The van der Waals surface area contributed by atoms with E-state index in [1.807, 2.05) is 6.92 Å². The largest absolute Gasteiger partial charge is 0.319 e. The van der Waals surface area contributed by atoms with Crippen LogP contribution in [0.4, 0.5) is 8.78 Å².